The minimum atomic E-state index is 0.725. The Bertz CT molecular complexity index is 181. The van der Waals surface area contributed by atoms with Gasteiger partial charge in [0.1, 0.15) is 5.76 Å². The van der Waals surface area contributed by atoms with E-state index in [-0.39, 0.29) is 0 Å². The van der Waals surface area contributed by atoms with Crippen molar-refractivity contribution in [3.05, 3.63) is 24.7 Å². The lowest BCUT2D eigenvalue weighted by atomic mass is 10.1. The Labute approximate surface area is 61.4 Å². The summed E-state index contributed by atoms with van der Waals surface area (Å²) >= 11 is 0. The highest BCUT2D eigenvalue weighted by Crippen LogP contribution is 2.43. The van der Waals surface area contributed by atoms with Crippen LogP contribution in [0.1, 0.15) is 19.3 Å². The molecule has 0 saturated heterocycles. The lowest BCUT2D eigenvalue weighted by Crippen LogP contribution is -1.97. The Kier molecular flexibility index (Phi) is 1.30. The second kappa shape index (κ2) is 2.15. The van der Waals surface area contributed by atoms with E-state index >= 15 is 0 Å². The third-order valence-corrected chi connectivity index (χ3v) is 2.49. The molecule has 1 saturated carbocycles. The van der Waals surface area contributed by atoms with Gasteiger partial charge in [-0.3, -0.25) is 0 Å². The number of fused-ring (bicyclic) bond motifs is 2. The van der Waals surface area contributed by atoms with Crippen LogP contribution in [0.2, 0.25) is 0 Å². The van der Waals surface area contributed by atoms with Crippen LogP contribution in [0.5, 0.6) is 0 Å². The molecule has 0 aromatic heterocycles. The summed E-state index contributed by atoms with van der Waals surface area (Å²) in [6.07, 6.45) is 7.81. The minimum Gasteiger partial charge on any atom is -0.470 e. The standard InChI is InChI=1S/C9H12O/c1-2-10-9-6-7-3-4-8(9)5-7/h2,6-8H,1,3-5H2. The molecule has 2 rings (SSSR count). The van der Waals surface area contributed by atoms with Gasteiger partial charge >= 0.3 is 0 Å². The lowest BCUT2D eigenvalue weighted by Gasteiger charge is -2.10. The average Bonchev–Trinajstić information content (AvgIpc) is 2.48. The Balaban J connectivity index is 2.10. The summed E-state index contributed by atoms with van der Waals surface area (Å²) in [7, 11) is 0. The lowest BCUT2D eigenvalue weighted by molar-refractivity contribution is 0.296. The first-order valence-corrected chi connectivity index (χ1v) is 3.89. The fourth-order valence-electron chi connectivity index (χ4n) is 2.03. The SMILES string of the molecule is C=COC1=CC2CCC1C2. The van der Waals surface area contributed by atoms with Gasteiger partial charge in [-0.2, -0.15) is 0 Å². The summed E-state index contributed by atoms with van der Waals surface area (Å²) in [6.45, 7) is 3.54. The molecule has 0 aromatic rings. The molecule has 1 fully saturated rings. The minimum absolute atomic E-state index is 0.725. The molecule has 1 heteroatoms. The summed E-state index contributed by atoms with van der Waals surface area (Å²) in [5, 5.41) is 0. The fourth-order valence-corrected chi connectivity index (χ4v) is 2.03. The van der Waals surface area contributed by atoms with Gasteiger partial charge in [0.25, 0.3) is 0 Å². The van der Waals surface area contributed by atoms with Gasteiger partial charge in [0, 0.05) is 5.92 Å². The normalized spacial score (nSPS) is 35.8. The summed E-state index contributed by atoms with van der Waals surface area (Å²) < 4.78 is 5.26. The molecule has 0 amide bonds. The van der Waals surface area contributed by atoms with Crippen molar-refractivity contribution in [2.24, 2.45) is 11.8 Å². The third kappa shape index (κ3) is 0.772. The van der Waals surface area contributed by atoms with Crippen LogP contribution in [0.4, 0.5) is 0 Å². The van der Waals surface area contributed by atoms with Crippen LogP contribution in [0.25, 0.3) is 0 Å². The van der Waals surface area contributed by atoms with Crippen LogP contribution >= 0.6 is 0 Å². The number of ether oxygens (including phenoxy) is 1. The van der Waals surface area contributed by atoms with E-state index in [9.17, 15) is 0 Å². The zero-order chi connectivity index (χ0) is 6.97. The first-order chi connectivity index (χ1) is 4.90. The van der Waals surface area contributed by atoms with Crippen LogP contribution < -0.4 is 0 Å². The van der Waals surface area contributed by atoms with Gasteiger partial charge in [-0.1, -0.05) is 6.58 Å². The topological polar surface area (TPSA) is 9.23 Å². The summed E-state index contributed by atoms with van der Waals surface area (Å²) in [5.74, 6) is 2.72. The van der Waals surface area contributed by atoms with E-state index in [0.29, 0.717) is 0 Å². The quantitative estimate of drug-likeness (QED) is 0.530. The first kappa shape index (κ1) is 6.02. The molecule has 0 aliphatic heterocycles. The van der Waals surface area contributed by atoms with Crippen molar-refractivity contribution in [1.29, 1.82) is 0 Å². The molecule has 0 aromatic carbocycles. The summed E-state index contributed by atoms with van der Waals surface area (Å²) in [4.78, 5) is 0. The maximum Gasteiger partial charge on any atom is 0.103 e. The van der Waals surface area contributed by atoms with Crippen LogP contribution in [0.3, 0.4) is 0 Å². The van der Waals surface area contributed by atoms with Gasteiger partial charge in [0.05, 0.1) is 6.26 Å². The maximum atomic E-state index is 5.26. The zero-order valence-electron chi connectivity index (χ0n) is 6.05. The highest BCUT2D eigenvalue weighted by Gasteiger charge is 2.33. The third-order valence-electron chi connectivity index (χ3n) is 2.49. The molecule has 2 atom stereocenters. The van der Waals surface area contributed by atoms with E-state index in [4.69, 9.17) is 4.74 Å². The molecule has 2 bridgehead atoms. The van der Waals surface area contributed by atoms with Crippen molar-refractivity contribution in [1.82, 2.24) is 0 Å². The van der Waals surface area contributed by atoms with Crippen molar-refractivity contribution >= 4 is 0 Å². The highest BCUT2D eigenvalue weighted by molar-refractivity contribution is 5.14. The summed E-state index contributed by atoms with van der Waals surface area (Å²) in [5.41, 5.74) is 0. The average molecular weight is 136 g/mol. The van der Waals surface area contributed by atoms with Crippen LogP contribution in [0.15, 0.2) is 24.7 Å². The molecule has 0 radical (unpaired) electrons. The largest absolute Gasteiger partial charge is 0.470 e. The number of rotatable bonds is 2. The van der Waals surface area contributed by atoms with Gasteiger partial charge < -0.3 is 4.74 Å². The smallest absolute Gasteiger partial charge is 0.103 e. The highest BCUT2D eigenvalue weighted by atomic mass is 16.5. The molecule has 2 unspecified atom stereocenters. The van der Waals surface area contributed by atoms with Gasteiger partial charge in [-0.25, -0.2) is 0 Å². The van der Waals surface area contributed by atoms with Crippen LogP contribution in [-0.4, -0.2) is 0 Å². The van der Waals surface area contributed by atoms with Crippen molar-refractivity contribution in [2.75, 3.05) is 0 Å². The van der Waals surface area contributed by atoms with E-state index in [1.54, 1.807) is 0 Å². The Hall–Kier alpha value is -0.720. The molecule has 0 heterocycles. The van der Waals surface area contributed by atoms with Crippen molar-refractivity contribution in [2.45, 2.75) is 19.3 Å². The predicted molar refractivity (Wildman–Crippen MR) is 40.2 cm³/mol. The van der Waals surface area contributed by atoms with Crippen LogP contribution in [0, 0.1) is 11.8 Å². The number of hydrogen-bond donors (Lipinski definition) is 0. The van der Waals surface area contributed by atoms with Crippen molar-refractivity contribution in [3.8, 4) is 0 Å². The Morgan fingerprint density at radius 3 is 3.00 bits per heavy atom. The second-order valence-corrected chi connectivity index (χ2v) is 3.12. The Morgan fingerprint density at radius 2 is 2.50 bits per heavy atom. The van der Waals surface area contributed by atoms with E-state index in [1.807, 2.05) is 0 Å². The first-order valence-electron chi connectivity index (χ1n) is 3.89. The molecular weight excluding hydrogens is 124 g/mol. The monoisotopic (exact) mass is 136 g/mol. The van der Waals surface area contributed by atoms with Gasteiger partial charge in [-0.05, 0) is 31.3 Å². The second-order valence-electron chi connectivity index (χ2n) is 3.12. The molecule has 10 heavy (non-hydrogen) atoms. The maximum absolute atomic E-state index is 5.26. The van der Waals surface area contributed by atoms with Crippen LogP contribution in [-0.2, 0) is 4.74 Å². The van der Waals surface area contributed by atoms with E-state index < -0.39 is 0 Å². The van der Waals surface area contributed by atoms with Gasteiger partial charge in [-0.15, -0.1) is 0 Å². The molecule has 2 aliphatic rings. The van der Waals surface area contributed by atoms with Crippen molar-refractivity contribution in [3.63, 3.8) is 0 Å². The number of hydrogen-bond acceptors (Lipinski definition) is 1. The Morgan fingerprint density at radius 1 is 1.60 bits per heavy atom. The van der Waals surface area contributed by atoms with Gasteiger partial charge in [0.15, 0.2) is 0 Å². The molecule has 0 spiro atoms. The van der Waals surface area contributed by atoms with E-state index in [1.165, 1.54) is 31.3 Å². The zero-order valence-corrected chi connectivity index (χ0v) is 6.05. The molecule has 1 nitrogen and oxygen atoms in total. The molecule has 2 aliphatic carbocycles. The predicted octanol–water partition coefficient (Wildman–Crippen LogP) is 2.46. The van der Waals surface area contributed by atoms with Gasteiger partial charge in [0.2, 0.25) is 0 Å². The summed E-state index contributed by atoms with van der Waals surface area (Å²) in [6, 6.07) is 0. The van der Waals surface area contributed by atoms with E-state index in [0.717, 1.165) is 11.8 Å². The fraction of sp³-hybridized carbons (Fsp3) is 0.556. The number of allylic oxidation sites excluding steroid dienone is 2. The van der Waals surface area contributed by atoms with E-state index in [2.05, 4.69) is 12.7 Å². The van der Waals surface area contributed by atoms with Crippen molar-refractivity contribution < 1.29 is 4.74 Å². The molecular formula is C9H12O. The molecule has 0 N–H and O–H groups in total. The molecule has 54 valence electrons.